The zero-order valence-electron chi connectivity index (χ0n) is 4.66. The van der Waals surface area contributed by atoms with E-state index in [0.29, 0.717) is 0 Å². The third kappa shape index (κ3) is 29900. The fourth-order valence-corrected chi connectivity index (χ4v) is 0. The Morgan fingerprint density at radius 1 is 1.00 bits per heavy atom. The molecule has 0 aromatic rings. The van der Waals surface area contributed by atoms with Crippen molar-refractivity contribution >= 4 is 19.5 Å². The van der Waals surface area contributed by atoms with Gasteiger partial charge in [0.05, 0.1) is 6.07 Å². The molecule has 0 aromatic heterocycles. The Balaban J connectivity index is 0. The van der Waals surface area contributed by atoms with Gasteiger partial charge < -0.3 is 0 Å². The van der Waals surface area contributed by atoms with Crippen molar-refractivity contribution in [2.24, 2.45) is 0 Å². The number of hydrogen-bond acceptors (Lipinski definition) is 1. The normalized spacial score (nSPS) is 17.0. The topological polar surface area (TPSA) is 23.8 Å². The second kappa shape index (κ2) is 2.19. The van der Waals surface area contributed by atoms with Crippen LogP contribution in [0.3, 0.4) is 0 Å². The van der Waals surface area contributed by atoms with Crippen LogP contribution in [0.15, 0.2) is 0 Å². The van der Waals surface area contributed by atoms with Gasteiger partial charge in [-0.05, 0) is 0 Å². The molecule has 0 bridgehead atoms. The predicted molar refractivity (Wildman–Crippen MR) is 23.7 cm³/mol. The van der Waals surface area contributed by atoms with Gasteiger partial charge >= 0.3 is 36.4 Å². The van der Waals surface area contributed by atoms with Gasteiger partial charge in [0.2, 0.25) is 0 Å². The molecule has 0 spiro atoms. The summed E-state index contributed by atoms with van der Waals surface area (Å²) < 4.78 is 59.6. The molecule has 0 rings (SSSR count). The molecule has 1 nitrogen and oxygen atoms in total. The summed E-state index contributed by atoms with van der Waals surface area (Å²) in [5, 5.41) is 7.32. The summed E-state index contributed by atoms with van der Waals surface area (Å²) in [4.78, 5) is 0. The summed E-state index contributed by atoms with van der Waals surface area (Å²) in [6.45, 7) is 1.43. The summed E-state index contributed by atoms with van der Waals surface area (Å²) in [6, 6.07) is 1.75. The Labute approximate surface area is 55.1 Å². The van der Waals surface area contributed by atoms with E-state index in [9.17, 15) is 16.9 Å². The van der Waals surface area contributed by atoms with Gasteiger partial charge in [0, 0.05) is 6.92 Å². The molecular weight excluding hydrogens is 274 g/mol. The van der Waals surface area contributed by atoms with Gasteiger partial charge in [-0.15, -0.1) is 0 Å². The zero-order chi connectivity index (χ0) is 9.12. The summed E-state index contributed by atoms with van der Waals surface area (Å²) in [5.74, 6) is 0. The molecule has 0 heterocycles. The van der Waals surface area contributed by atoms with Crippen LogP contribution in [0.5, 0.6) is 0 Å². The Morgan fingerprint density at radius 2 is 1.00 bits per heavy atom. The van der Waals surface area contributed by atoms with Crippen molar-refractivity contribution in [3.05, 3.63) is 0 Å². The van der Waals surface area contributed by atoms with E-state index in [4.69, 9.17) is 5.26 Å². The Morgan fingerprint density at radius 3 is 1.00 bits per heavy atom. The second-order valence-electron chi connectivity index (χ2n) is 1.18. The van der Waals surface area contributed by atoms with Crippen LogP contribution < -0.4 is 0 Å². The van der Waals surface area contributed by atoms with E-state index in [1.54, 1.807) is 6.07 Å². The molecule has 0 aliphatic carbocycles. The average Bonchev–Trinajstić information content (AvgIpc) is 1.20. The first-order valence-corrected chi connectivity index (χ1v) is 7.53. The first kappa shape index (κ1) is 12.6. The first-order valence-electron chi connectivity index (χ1n) is 1.74. The molecule has 0 fully saturated rings. The molecule has 0 N–H and O–H groups in total. The molecular formula is C2H3F6NSb-. The summed E-state index contributed by atoms with van der Waals surface area (Å²) in [7, 11) is 0. The van der Waals surface area contributed by atoms with Crippen molar-refractivity contribution < 1.29 is 16.9 Å². The van der Waals surface area contributed by atoms with Crippen molar-refractivity contribution in [1.29, 1.82) is 5.26 Å². The Bertz CT molecular complexity index is 132. The first-order chi connectivity index (χ1) is 3.86. The number of hydrogen-bond donors (Lipinski definition) is 0. The van der Waals surface area contributed by atoms with E-state index in [1.165, 1.54) is 6.92 Å². The molecule has 0 radical (unpaired) electrons. The molecule has 0 saturated carbocycles. The molecule has 0 aromatic carbocycles. The number of rotatable bonds is 0. The van der Waals surface area contributed by atoms with Crippen LogP contribution in [0.4, 0.5) is 16.9 Å². The number of halogens is 6. The van der Waals surface area contributed by atoms with Crippen molar-refractivity contribution in [2.45, 2.75) is 6.92 Å². The van der Waals surface area contributed by atoms with Crippen LogP contribution in [0.2, 0.25) is 0 Å². The molecule has 64 valence electrons. The van der Waals surface area contributed by atoms with Crippen molar-refractivity contribution in [2.75, 3.05) is 0 Å². The molecule has 8 heteroatoms. The summed E-state index contributed by atoms with van der Waals surface area (Å²) in [5.41, 5.74) is 0. The number of nitrogens with zero attached hydrogens (tertiary/aromatic N) is 1. The molecule has 0 atom stereocenters. The fourth-order valence-electron chi connectivity index (χ4n) is 0. The molecule has 0 saturated heterocycles. The van der Waals surface area contributed by atoms with Crippen LogP contribution in [-0.2, 0) is 0 Å². The van der Waals surface area contributed by atoms with Gasteiger partial charge in [0.25, 0.3) is 0 Å². The molecule has 0 amide bonds. The van der Waals surface area contributed by atoms with Gasteiger partial charge in [-0.1, -0.05) is 0 Å². The Hall–Kier alpha value is -0.112. The average molecular weight is 277 g/mol. The van der Waals surface area contributed by atoms with Crippen LogP contribution in [0, 0.1) is 11.3 Å². The standard InChI is InChI=1S/C2H3N.6FH.Sb/c1-2-3;;;;;;;/h1H3;6*1H;/q;;;;;;;+5/p-6. The van der Waals surface area contributed by atoms with E-state index < -0.39 is 19.5 Å². The van der Waals surface area contributed by atoms with Gasteiger partial charge in [-0.25, -0.2) is 0 Å². The van der Waals surface area contributed by atoms with Crippen molar-refractivity contribution in [3.63, 3.8) is 0 Å². The zero-order valence-corrected chi connectivity index (χ0v) is 7.22. The molecule has 0 aliphatic heterocycles. The summed E-state index contributed by atoms with van der Waals surface area (Å²) >= 11 is -11.2. The van der Waals surface area contributed by atoms with Crippen LogP contribution in [-0.4, -0.2) is 19.5 Å². The summed E-state index contributed by atoms with van der Waals surface area (Å²) in [6.07, 6.45) is 0. The minimum absolute atomic E-state index is 1.43. The third-order valence-electron chi connectivity index (χ3n) is 0. The van der Waals surface area contributed by atoms with Crippen LogP contribution >= 0.6 is 0 Å². The molecule has 0 aliphatic rings. The Kier molecular flexibility index (Phi) is 2.75. The van der Waals surface area contributed by atoms with Gasteiger partial charge in [0.15, 0.2) is 0 Å². The monoisotopic (exact) mass is 276 g/mol. The van der Waals surface area contributed by atoms with E-state index >= 15 is 0 Å². The quantitative estimate of drug-likeness (QED) is 0.493. The van der Waals surface area contributed by atoms with Crippen molar-refractivity contribution in [1.82, 2.24) is 0 Å². The SMILES string of the molecule is CC#N.[F][Sb-]([F])([F])([F])([F])[F]. The van der Waals surface area contributed by atoms with Crippen molar-refractivity contribution in [3.8, 4) is 6.07 Å². The third-order valence-corrected chi connectivity index (χ3v) is 0. The predicted octanol–water partition coefficient (Wildman–Crippen LogP) is 2.67. The van der Waals surface area contributed by atoms with Gasteiger partial charge in [0.1, 0.15) is 0 Å². The number of nitriles is 1. The van der Waals surface area contributed by atoms with Crippen LogP contribution in [0.1, 0.15) is 6.92 Å². The van der Waals surface area contributed by atoms with E-state index in [0.717, 1.165) is 0 Å². The maximum atomic E-state index is 9.93. The van der Waals surface area contributed by atoms with Gasteiger partial charge in [-0.2, -0.15) is 5.26 Å². The maximum absolute atomic E-state index is 11.2. The fraction of sp³-hybridized carbons (Fsp3) is 0.500. The molecule has 10 heavy (non-hydrogen) atoms. The van der Waals surface area contributed by atoms with Gasteiger partial charge in [-0.3, -0.25) is 0 Å². The molecule has 0 unspecified atom stereocenters. The van der Waals surface area contributed by atoms with E-state index in [2.05, 4.69) is 0 Å². The second-order valence-corrected chi connectivity index (χ2v) is 6.65. The minimum atomic E-state index is -11.2. The van der Waals surface area contributed by atoms with E-state index in [1.807, 2.05) is 0 Å². The van der Waals surface area contributed by atoms with Crippen LogP contribution in [0.25, 0.3) is 0 Å². The van der Waals surface area contributed by atoms with E-state index in [-0.39, 0.29) is 0 Å².